The molecule has 1 saturated heterocycles. The summed E-state index contributed by atoms with van der Waals surface area (Å²) in [6.07, 6.45) is -4.46. The predicted molar refractivity (Wildman–Crippen MR) is 89.8 cm³/mol. The fourth-order valence-electron chi connectivity index (χ4n) is 2.44. The molecule has 0 radical (unpaired) electrons. The number of sulfone groups is 1. The molecule has 1 heterocycles. The summed E-state index contributed by atoms with van der Waals surface area (Å²) < 4.78 is 65.3. The molecule has 0 saturated carbocycles. The summed E-state index contributed by atoms with van der Waals surface area (Å²) in [5.74, 6) is -1.18. The molecule has 1 N–H and O–H groups in total. The topological polar surface area (TPSA) is 92.8 Å². The van der Waals surface area contributed by atoms with E-state index in [-0.39, 0.29) is 30.3 Å². The number of rotatable bonds is 5. The molecule has 0 aromatic heterocycles. The molecule has 0 spiro atoms. The highest BCUT2D eigenvalue weighted by molar-refractivity contribution is 7.91. The van der Waals surface area contributed by atoms with Crippen molar-refractivity contribution in [2.24, 2.45) is 0 Å². The van der Waals surface area contributed by atoms with Gasteiger partial charge in [0.25, 0.3) is 5.91 Å². The van der Waals surface area contributed by atoms with Crippen molar-refractivity contribution in [3.05, 3.63) is 29.8 Å². The van der Waals surface area contributed by atoms with Gasteiger partial charge in [0.05, 0.1) is 17.1 Å². The van der Waals surface area contributed by atoms with Gasteiger partial charge in [0.15, 0.2) is 16.4 Å². The highest BCUT2D eigenvalue weighted by atomic mass is 32.2. The van der Waals surface area contributed by atoms with Crippen LogP contribution in [0.1, 0.15) is 12.5 Å². The van der Waals surface area contributed by atoms with Crippen LogP contribution in [0.5, 0.6) is 5.75 Å². The molecule has 1 fully saturated rings. The van der Waals surface area contributed by atoms with E-state index in [1.54, 1.807) is 0 Å². The van der Waals surface area contributed by atoms with Gasteiger partial charge in [-0.15, -0.1) is 0 Å². The van der Waals surface area contributed by atoms with Crippen LogP contribution in [-0.4, -0.2) is 62.4 Å². The lowest BCUT2D eigenvalue weighted by atomic mass is 10.2. The number of benzene rings is 1. The van der Waals surface area contributed by atoms with Crippen molar-refractivity contribution in [3.63, 3.8) is 0 Å². The number of nitrogens with one attached hydrogen (secondary N) is 1. The van der Waals surface area contributed by atoms with Gasteiger partial charge in [-0.2, -0.15) is 13.2 Å². The molecule has 150 valence electrons. The Kier molecular flexibility index (Phi) is 6.34. The lowest BCUT2D eigenvalue weighted by molar-refractivity contribution is -0.137. The molecule has 1 atom stereocenters. The molecule has 1 aliphatic rings. The lowest BCUT2D eigenvalue weighted by Crippen LogP contribution is -2.52. The van der Waals surface area contributed by atoms with Crippen molar-refractivity contribution in [1.29, 1.82) is 0 Å². The van der Waals surface area contributed by atoms with E-state index in [4.69, 9.17) is 4.74 Å². The van der Waals surface area contributed by atoms with Gasteiger partial charge >= 0.3 is 6.18 Å². The van der Waals surface area contributed by atoms with Crippen molar-refractivity contribution in [3.8, 4) is 5.75 Å². The minimum atomic E-state index is -4.46. The molecular formula is C16H19F3N2O5S. The Bertz CT molecular complexity index is 779. The lowest BCUT2D eigenvalue weighted by Gasteiger charge is -2.29. The van der Waals surface area contributed by atoms with Crippen LogP contribution in [0.15, 0.2) is 24.3 Å². The first-order chi connectivity index (χ1) is 12.5. The van der Waals surface area contributed by atoms with Crippen LogP contribution in [0, 0.1) is 0 Å². The minimum absolute atomic E-state index is 0.0728. The summed E-state index contributed by atoms with van der Waals surface area (Å²) in [6, 6.07) is 2.99. The predicted octanol–water partition coefficient (Wildman–Crippen LogP) is 0.846. The van der Waals surface area contributed by atoms with Crippen LogP contribution in [0.3, 0.4) is 0 Å². The fraction of sp³-hybridized carbons (Fsp3) is 0.500. The Labute approximate surface area is 154 Å². The van der Waals surface area contributed by atoms with E-state index in [9.17, 15) is 31.2 Å². The second-order valence-corrected chi connectivity index (χ2v) is 8.38. The highest BCUT2D eigenvalue weighted by Gasteiger charge is 2.30. The minimum Gasteiger partial charge on any atom is -0.484 e. The van der Waals surface area contributed by atoms with Crippen LogP contribution < -0.4 is 10.1 Å². The Morgan fingerprint density at radius 3 is 2.26 bits per heavy atom. The van der Waals surface area contributed by atoms with Crippen LogP contribution >= 0.6 is 0 Å². The molecule has 0 bridgehead atoms. The summed E-state index contributed by atoms with van der Waals surface area (Å²) in [4.78, 5) is 25.4. The van der Waals surface area contributed by atoms with E-state index in [2.05, 4.69) is 5.32 Å². The molecule has 27 heavy (non-hydrogen) atoms. The molecule has 2 amide bonds. The standard InChI is InChI=1S/C16H19F3N2O5S/c1-11(15(23)21-6-8-27(24,25)9-7-21)20-14(22)10-26-13-4-2-12(3-5-13)16(17,18)19/h2-5,11H,6-10H2,1H3,(H,20,22). The number of halogens is 3. The molecule has 0 aliphatic carbocycles. The first-order valence-corrected chi connectivity index (χ1v) is 9.89. The van der Waals surface area contributed by atoms with Crippen LogP contribution in [0.4, 0.5) is 13.2 Å². The quantitative estimate of drug-likeness (QED) is 0.780. The molecule has 1 aromatic carbocycles. The molecule has 7 nitrogen and oxygen atoms in total. The molecule has 11 heteroatoms. The second kappa shape index (κ2) is 8.15. The van der Waals surface area contributed by atoms with Gasteiger partial charge in [-0.25, -0.2) is 8.42 Å². The maximum Gasteiger partial charge on any atom is 0.416 e. The molecular weight excluding hydrogens is 389 g/mol. The van der Waals surface area contributed by atoms with E-state index in [1.807, 2.05) is 0 Å². The maximum absolute atomic E-state index is 12.5. The summed E-state index contributed by atoms with van der Waals surface area (Å²) >= 11 is 0. The third-order valence-corrected chi connectivity index (χ3v) is 5.56. The monoisotopic (exact) mass is 408 g/mol. The number of ether oxygens (including phenoxy) is 1. The van der Waals surface area contributed by atoms with E-state index in [0.717, 1.165) is 24.3 Å². The van der Waals surface area contributed by atoms with Gasteiger partial charge in [0, 0.05) is 13.1 Å². The Morgan fingerprint density at radius 2 is 1.74 bits per heavy atom. The van der Waals surface area contributed by atoms with Gasteiger partial charge in [-0.3, -0.25) is 9.59 Å². The third kappa shape index (κ3) is 6.12. The zero-order valence-corrected chi connectivity index (χ0v) is 15.3. The van der Waals surface area contributed by atoms with Gasteiger partial charge in [-0.1, -0.05) is 0 Å². The first kappa shape index (κ1) is 21.0. The number of carbonyl (C=O) groups excluding carboxylic acids is 2. The van der Waals surface area contributed by atoms with E-state index >= 15 is 0 Å². The average molecular weight is 408 g/mol. The zero-order chi connectivity index (χ0) is 20.2. The summed E-state index contributed by atoms with van der Waals surface area (Å²) in [6.45, 7) is 1.13. The van der Waals surface area contributed by atoms with Crippen molar-refractivity contribution < 1.29 is 35.9 Å². The second-order valence-electron chi connectivity index (χ2n) is 6.08. The van der Waals surface area contributed by atoms with E-state index in [0.29, 0.717) is 0 Å². The average Bonchev–Trinajstić information content (AvgIpc) is 2.59. The summed E-state index contributed by atoms with van der Waals surface area (Å²) in [5, 5.41) is 2.42. The van der Waals surface area contributed by atoms with E-state index < -0.39 is 46.0 Å². The SMILES string of the molecule is CC(NC(=O)COc1ccc(C(F)(F)F)cc1)C(=O)N1CCS(=O)(=O)CC1. The number of nitrogens with zero attached hydrogens (tertiary/aromatic N) is 1. The van der Waals surface area contributed by atoms with Gasteiger partial charge in [0.1, 0.15) is 11.8 Å². The van der Waals surface area contributed by atoms with Gasteiger partial charge in [-0.05, 0) is 31.2 Å². The highest BCUT2D eigenvalue weighted by Crippen LogP contribution is 2.30. The van der Waals surface area contributed by atoms with Crippen molar-refractivity contribution >= 4 is 21.7 Å². The Balaban J connectivity index is 1.80. The summed E-state index contributed by atoms with van der Waals surface area (Å²) in [5.41, 5.74) is -0.831. The van der Waals surface area contributed by atoms with Crippen LogP contribution in [0.2, 0.25) is 0 Å². The van der Waals surface area contributed by atoms with Crippen molar-refractivity contribution in [2.45, 2.75) is 19.1 Å². The first-order valence-electron chi connectivity index (χ1n) is 8.06. The number of hydrogen-bond acceptors (Lipinski definition) is 5. The van der Waals surface area contributed by atoms with Gasteiger partial charge in [0.2, 0.25) is 5.91 Å². The fourth-order valence-corrected chi connectivity index (χ4v) is 3.64. The normalized spacial score (nSPS) is 17.9. The zero-order valence-electron chi connectivity index (χ0n) is 14.5. The van der Waals surface area contributed by atoms with Crippen molar-refractivity contribution in [1.82, 2.24) is 10.2 Å². The molecule has 2 rings (SSSR count). The molecule has 1 aromatic rings. The van der Waals surface area contributed by atoms with Gasteiger partial charge < -0.3 is 15.0 Å². The Hall–Kier alpha value is -2.30. The molecule has 1 aliphatic heterocycles. The largest absolute Gasteiger partial charge is 0.484 e. The van der Waals surface area contributed by atoms with Crippen molar-refractivity contribution in [2.75, 3.05) is 31.2 Å². The maximum atomic E-state index is 12.5. The Morgan fingerprint density at radius 1 is 1.19 bits per heavy atom. The summed E-state index contributed by atoms with van der Waals surface area (Å²) in [7, 11) is -3.12. The number of hydrogen-bond donors (Lipinski definition) is 1. The third-order valence-electron chi connectivity index (χ3n) is 3.96. The van der Waals surface area contributed by atoms with E-state index in [1.165, 1.54) is 11.8 Å². The van der Waals surface area contributed by atoms with Crippen LogP contribution in [-0.2, 0) is 25.6 Å². The number of alkyl halides is 3. The smallest absolute Gasteiger partial charge is 0.416 e. The number of amides is 2. The molecule has 1 unspecified atom stereocenters. The number of carbonyl (C=O) groups is 2. The van der Waals surface area contributed by atoms with Crippen LogP contribution in [0.25, 0.3) is 0 Å².